The first-order valence-corrected chi connectivity index (χ1v) is 11.5. The number of amides is 1. The number of fused-ring (bicyclic) bond motifs is 2. The summed E-state index contributed by atoms with van der Waals surface area (Å²) >= 11 is 0. The van der Waals surface area contributed by atoms with Crippen LogP contribution < -0.4 is 20.3 Å². The Morgan fingerprint density at radius 3 is 2.47 bits per heavy atom. The molecule has 1 N–H and O–H groups in total. The molecule has 2 aromatic heterocycles. The summed E-state index contributed by atoms with van der Waals surface area (Å²) in [5, 5.41) is 2.96. The van der Waals surface area contributed by atoms with Crippen LogP contribution in [0.4, 0.5) is 5.69 Å². The van der Waals surface area contributed by atoms with Gasteiger partial charge in [-0.3, -0.25) is 14.2 Å². The van der Waals surface area contributed by atoms with Crippen LogP contribution in [0.25, 0.3) is 22.5 Å². The van der Waals surface area contributed by atoms with Crippen LogP contribution in [0.3, 0.4) is 0 Å². The number of nitrogens with one attached hydrogen (secondary N) is 1. The van der Waals surface area contributed by atoms with E-state index in [-0.39, 0.29) is 11.6 Å². The Balaban J connectivity index is 1.51. The van der Waals surface area contributed by atoms with Crippen molar-refractivity contribution < 1.29 is 18.7 Å². The highest BCUT2D eigenvalue weighted by Crippen LogP contribution is 2.33. The average molecular weight is 479 g/mol. The van der Waals surface area contributed by atoms with E-state index in [2.05, 4.69) is 10.3 Å². The SMILES string of the molecule is O=C(Nc1ccc2c(c1)OCCO2)C(c1ccccc1)n1c(=O)c(-c2ccco2)nc2ccccc21. The second-order valence-corrected chi connectivity index (χ2v) is 8.26. The second-order valence-electron chi connectivity index (χ2n) is 8.26. The lowest BCUT2D eigenvalue weighted by Crippen LogP contribution is -2.35. The Morgan fingerprint density at radius 1 is 0.889 bits per heavy atom. The zero-order valence-electron chi connectivity index (χ0n) is 19.1. The fraction of sp³-hybridized carbons (Fsp3) is 0.107. The lowest BCUT2D eigenvalue weighted by Gasteiger charge is -2.23. The van der Waals surface area contributed by atoms with E-state index in [9.17, 15) is 9.59 Å². The van der Waals surface area contributed by atoms with Crippen LogP contribution in [-0.4, -0.2) is 28.7 Å². The number of carbonyl (C=O) groups is 1. The van der Waals surface area contributed by atoms with Gasteiger partial charge in [0.15, 0.2) is 23.0 Å². The van der Waals surface area contributed by atoms with Gasteiger partial charge in [-0.2, -0.15) is 0 Å². The fourth-order valence-electron chi connectivity index (χ4n) is 4.37. The molecule has 5 aromatic rings. The van der Waals surface area contributed by atoms with Crippen molar-refractivity contribution in [2.45, 2.75) is 6.04 Å². The van der Waals surface area contributed by atoms with E-state index < -0.39 is 11.6 Å². The topological polar surface area (TPSA) is 95.6 Å². The predicted molar refractivity (Wildman–Crippen MR) is 134 cm³/mol. The van der Waals surface area contributed by atoms with Crippen LogP contribution in [0.1, 0.15) is 11.6 Å². The molecule has 8 nitrogen and oxygen atoms in total. The number of nitrogens with zero attached hydrogens (tertiary/aromatic N) is 2. The molecule has 0 radical (unpaired) electrons. The van der Waals surface area contributed by atoms with Gasteiger partial charge in [-0.15, -0.1) is 0 Å². The molecule has 0 saturated carbocycles. The quantitative estimate of drug-likeness (QED) is 0.394. The summed E-state index contributed by atoms with van der Waals surface area (Å²) in [6, 6.07) is 24.0. The minimum atomic E-state index is -0.978. The summed E-state index contributed by atoms with van der Waals surface area (Å²) < 4.78 is 18.2. The summed E-state index contributed by atoms with van der Waals surface area (Å²) in [6.45, 7) is 0.913. The molecule has 0 bridgehead atoms. The number of anilines is 1. The lowest BCUT2D eigenvalue weighted by molar-refractivity contribution is -0.118. The van der Waals surface area contributed by atoms with Crippen molar-refractivity contribution in [3.8, 4) is 23.0 Å². The largest absolute Gasteiger partial charge is 0.486 e. The van der Waals surface area contributed by atoms with Gasteiger partial charge in [-0.1, -0.05) is 42.5 Å². The van der Waals surface area contributed by atoms with Crippen molar-refractivity contribution in [1.82, 2.24) is 9.55 Å². The van der Waals surface area contributed by atoms with Gasteiger partial charge in [0.05, 0.1) is 17.3 Å². The normalized spacial score (nSPS) is 13.3. The average Bonchev–Trinajstić information content (AvgIpc) is 3.45. The molecule has 1 atom stereocenters. The zero-order valence-corrected chi connectivity index (χ0v) is 19.1. The Bertz CT molecular complexity index is 1610. The standard InChI is InChI=1S/C28H21N3O5/c32-27(29-19-12-13-22-24(17-19)36-16-15-35-22)26(18-7-2-1-3-8-18)31-21-10-5-4-9-20(21)30-25(28(31)33)23-11-6-14-34-23/h1-14,17,26H,15-16H2,(H,29,32). The zero-order chi connectivity index (χ0) is 24.5. The highest BCUT2D eigenvalue weighted by atomic mass is 16.6. The van der Waals surface area contributed by atoms with Crippen molar-refractivity contribution >= 4 is 22.6 Å². The maximum Gasteiger partial charge on any atom is 0.281 e. The minimum Gasteiger partial charge on any atom is -0.486 e. The maximum absolute atomic E-state index is 13.9. The highest BCUT2D eigenvalue weighted by molar-refractivity contribution is 5.97. The highest BCUT2D eigenvalue weighted by Gasteiger charge is 2.28. The van der Waals surface area contributed by atoms with Crippen LogP contribution in [-0.2, 0) is 4.79 Å². The van der Waals surface area contributed by atoms with Crippen LogP contribution >= 0.6 is 0 Å². The van der Waals surface area contributed by atoms with E-state index in [4.69, 9.17) is 13.9 Å². The van der Waals surface area contributed by atoms with Crippen molar-refractivity contribution in [3.63, 3.8) is 0 Å². The van der Waals surface area contributed by atoms with Crippen molar-refractivity contribution in [2.75, 3.05) is 18.5 Å². The number of furan rings is 1. The number of carbonyl (C=O) groups excluding carboxylic acids is 1. The van der Waals surface area contributed by atoms with E-state index >= 15 is 0 Å². The van der Waals surface area contributed by atoms with Gasteiger partial charge in [0.1, 0.15) is 19.3 Å². The molecule has 1 amide bonds. The van der Waals surface area contributed by atoms with Crippen molar-refractivity contribution in [3.05, 3.63) is 107 Å². The van der Waals surface area contributed by atoms with E-state index in [1.807, 2.05) is 42.5 Å². The Morgan fingerprint density at radius 2 is 1.67 bits per heavy atom. The number of hydrogen-bond donors (Lipinski definition) is 1. The number of hydrogen-bond acceptors (Lipinski definition) is 6. The molecule has 1 aliphatic heterocycles. The molecule has 0 spiro atoms. The summed E-state index contributed by atoms with van der Waals surface area (Å²) in [6.07, 6.45) is 1.49. The van der Waals surface area contributed by atoms with Gasteiger partial charge in [-0.25, -0.2) is 4.98 Å². The smallest absolute Gasteiger partial charge is 0.281 e. The minimum absolute atomic E-state index is 0.131. The van der Waals surface area contributed by atoms with E-state index in [1.165, 1.54) is 10.8 Å². The van der Waals surface area contributed by atoms with Crippen LogP contribution in [0.5, 0.6) is 11.5 Å². The molecule has 3 aromatic carbocycles. The van der Waals surface area contributed by atoms with Gasteiger partial charge in [0.25, 0.3) is 11.5 Å². The molecule has 6 rings (SSSR count). The Hall–Kier alpha value is -4.85. The van der Waals surface area contributed by atoms with Crippen LogP contribution in [0, 0.1) is 0 Å². The summed E-state index contributed by atoms with van der Waals surface area (Å²) in [5.41, 5.74) is 1.97. The Kier molecular flexibility index (Phi) is 5.46. The number of aromatic nitrogens is 2. The first kappa shape index (κ1) is 21.7. The third-order valence-electron chi connectivity index (χ3n) is 5.98. The number of ether oxygens (including phenoxy) is 2. The van der Waals surface area contributed by atoms with Gasteiger partial charge in [-0.05, 0) is 42.0 Å². The molecule has 0 fully saturated rings. The molecule has 1 aliphatic rings. The summed E-state index contributed by atoms with van der Waals surface area (Å²) in [7, 11) is 0. The molecule has 0 aliphatic carbocycles. The second kappa shape index (κ2) is 9.07. The maximum atomic E-state index is 13.9. The predicted octanol–water partition coefficient (Wildman–Crippen LogP) is 4.66. The summed E-state index contributed by atoms with van der Waals surface area (Å²) in [5.74, 6) is 1.13. The Labute approximate surface area is 205 Å². The summed E-state index contributed by atoms with van der Waals surface area (Å²) in [4.78, 5) is 32.3. The fourth-order valence-corrected chi connectivity index (χ4v) is 4.37. The molecule has 3 heterocycles. The van der Waals surface area contributed by atoms with E-state index in [1.54, 1.807) is 42.5 Å². The number of benzene rings is 3. The molecule has 8 heteroatoms. The molecule has 178 valence electrons. The van der Waals surface area contributed by atoms with E-state index in [0.717, 1.165) is 0 Å². The van der Waals surface area contributed by atoms with Gasteiger partial charge < -0.3 is 19.2 Å². The first-order chi connectivity index (χ1) is 17.7. The molecular weight excluding hydrogens is 458 g/mol. The molecular formula is C28H21N3O5. The third kappa shape index (κ3) is 3.88. The lowest BCUT2D eigenvalue weighted by atomic mass is 10.0. The van der Waals surface area contributed by atoms with E-state index in [0.29, 0.717) is 52.8 Å². The third-order valence-corrected chi connectivity index (χ3v) is 5.98. The molecule has 0 saturated heterocycles. The van der Waals surface area contributed by atoms with Crippen molar-refractivity contribution in [1.29, 1.82) is 0 Å². The number of rotatable bonds is 5. The number of para-hydroxylation sites is 2. The first-order valence-electron chi connectivity index (χ1n) is 11.5. The van der Waals surface area contributed by atoms with Gasteiger partial charge in [0.2, 0.25) is 0 Å². The van der Waals surface area contributed by atoms with Gasteiger partial charge in [0, 0.05) is 11.8 Å². The van der Waals surface area contributed by atoms with Crippen LogP contribution in [0.2, 0.25) is 0 Å². The molecule has 36 heavy (non-hydrogen) atoms. The van der Waals surface area contributed by atoms with Crippen molar-refractivity contribution in [2.24, 2.45) is 0 Å². The molecule has 1 unspecified atom stereocenters. The van der Waals surface area contributed by atoms with Crippen LogP contribution in [0.15, 0.2) is 100 Å². The van der Waals surface area contributed by atoms with Gasteiger partial charge >= 0.3 is 0 Å². The monoisotopic (exact) mass is 479 g/mol.